The molecule has 13 heavy (non-hydrogen) atoms. The molecule has 1 atom stereocenters. The number of benzene rings is 1. The molecule has 3 rings (SSSR count). The van der Waals surface area contributed by atoms with Crippen LogP contribution < -0.4 is 5.30 Å². The van der Waals surface area contributed by atoms with Gasteiger partial charge in [-0.25, -0.2) is 0 Å². The minimum Gasteiger partial charge on any atom is -0.105 e. The fourth-order valence-electron chi connectivity index (χ4n) is 2.20. The molecule has 2 saturated carbocycles. The Bertz CT molecular complexity index is 335. The van der Waals surface area contributed by atoms with Crippen LogP contribution in [0.15, 0.2) is 18.2 Å². The van der Waals surface area contributed by atoms with Crippen molar-refractivity contribution in [1.82, 2.24) is 0 Å². The minimum absolute atomic E-state index is 0.907. The van der Waals surface area contributed by atoms with Crippen molar-refractivity contribution in [2.45, 2.75) is 37.5 Å². The molecule has 0 spiro atoms. The average Bonchev–Trinajstić information content (AvgIpc) is 3.00. The van der Waals surface area contributed by atoms with Crippen LogP contribution >= 0.6 is 9.24 Å². The smallest absolute Gasteiger partial charge is 0.0153 e. The molecule has 1 aromatic carbocycles. The summed E-state index contributed by atoms with van der Waals surface area (Å²) >= 11 is 0. The van der Waals surface area contributed by atoms with Crippen molar-refractivity contribution in [3.05, 3.63) is 29.3 Å². The predicted octanol–water partition coefficient (Wildman–Crippen LogP) is 2.94. The summed E-state index contributed by atoms with van der Waals surface area (Å²) < 4.78 is 0. The fraction of sp³-hybridized carbons (Fsp3) is 0.500. The second-order valence-electron chi connectivity index (χ2n) is 4.40. The molecule has 0 radical (unpaired) electrons. The zero-order valence-corrected chi connectivity index (χ0v) is 8.95. The Balaban J connectivity index is 2.09. The van der Waals surface area contributed by atoms with Gasteiger partial charge in [-0.2, -0.15) is 0 Å². The van der Waals surface area contributed by atoms with Crippen LogP contribution in [0.1, 0.15) is 48.6 Å². The van der Waals surface area contributed by atoms with Gasteiger partial charge in [-0.1, -0.05) is 18.2 Å². The standard InChI is InChI=1S/C12H15P/c13-11-3-1-2-10(8-4-5-8)12(11)9-6-7-9/h1-3,8-9H,4-7,13H2. The van der Waals surface area contributed by atoms with E-state index in [0.717, 1.165) is 11.8 Å². The highest BCUT2D eigenvalue weighted by atomic mass is 31.0. The van der Waals surface area contributed by atoms with E-state index in [1.165, 1.54) is 31.0 Å². The summed E-state index contributed by atoms with van der Waals surface area (Å²) in [4.78, 5) is 0. The van der Waals surface area contributed by atoms with Gasteiger partial charge in [0, 0.05) is 0 Å². The molecule has 2 aliphatic carbocycles. The lowest BCUT2D eigenvalue weighted by molar-refractivity contribution is 1.03. The first kappa shape index (κ1) is 8.00. The molecule has 1 unspecified atom stereocenters. The third kappa shape index (κ3) is 1.42. The largest absolute Gasteiger partial charge is 0.105 e. The molecule has 0 heterocycles. The molecule has 0 saturated heterocycles. The van der Waals surface area contributed by atoms with Gasteiger partial charge >= 0.3 is 0 Å². The molecule has 0 amide bonds. The van der Waals surface area contributed by atoms with Crippen molar-refractivity contribution in [3.8, 4) is 0 Å². The van der Waals surface area contributed by atoms with Crippen molar-refractivity contribution in [2.75, 3.05) is 0 Å². The van der Waals surface area contributed by atoms with Gasteiger partial charge in [-0.3, -0.25) is 0 Å². The van der Waals surface area contributed by atoms with E-state index in [9.17, 15) is 0 Å². The van der Waals surface area contributed by atoms with E-state index in [1.807, 2.05) is 0 Å². The highest BCUT2D eigenvalue weighted by Gasteiger charge is 2.33. The zero-order chi connectivity index (χ0) is 8.84. The molecule has 0 bridgehead atoms. The maximum atomic E-state index is 2.90. The van der Waals surface area contributed by atoms with Crippen LogP contribution in [0.3, 0.4) is 0 Å². The molecule has 1 heteroatoms. The minimum atomic E-state index is 0.907. The van der Waals surface area contributed by atoms with Gasteiger partial charge in [-0.05, 0) is 54.0 Å². The molecule has 68 valence electrons. The molecule has 2 aliphatic rings. The summed E-state index contributed by atoms with van der Waals surface area (Å²) in [5.41, 5.74) is 3.34. The van der Waals surface area contributed by atoms with E-state index in [2.05, 4.69) is 27.4 Å². The summed E-state index contributed by atoms with van der Waals surface area (Å²) in [5.74, 6) is 1.82. The van der Waals surface area contributed by atoms with E-state index in [1.54, 1.807) is 11.1 Å². The van der Waals surface area contributed by atoms with Gasteiger partial charge in [0.15, 0.2) is 0 Å². The summed E-state index contributed by atoms with van der Waals surface area (Å²) in [7, 11) is 2.90. The first-order valence-electron chi connectivity index (χ1n) is 5.24. The van der Waals surface area contributed by atoms with Crippen LogP contribution in [-0.2, 0) is 0 Å². The van der Waals surface area contributed by atoms with Crippen LogP contribution in [0.5, 0.6) is 0 Å². The van der Waals surface area contributed by atoms with Crippen molar-refractivity contribution in [2.24, 2.45) is 0 Å². The third-order valence-corrected chi connectivity index (χ3v) is 3.68. The summed E-state index contributed by atoms with van der Waals surface area (Å²) in [5, 5.41) is 1.45. The van der Waals surface area contributed by atoms with Crippen LogP contribution in [0.4, 0.5) is 0 Å². The van der Waals surface area contributed by atoms with Crippen molar-refractivity contribution in [1.29, 1.82) is 0 Å². The van der Waals surface area contributed by atoms with Crippen molar-refractivity contribution < 1.29 is 0 Å². The van der Waals surface area contributed by atoms with Crippen LogP contribution in [-0.4, -0.2) is 0 Å². The molecule has 0 N–H and O–H groups in total. The monoisotopic (exact) mass is 190 g/mol. The molecule has 0 aromatic heterocycles. The summed E-state index contributed by atoms with van der Waals surface area (Å²) in [6.45, 7) is 0. The topological polar surface area (TPSA) is 0 Å². The first-order chi connectivity index (χ1) is 6.36. The van der Waals surface area contributed by atoms with Gasteiger partial charge in [0.25, 0.3) is 0 Å². The van der Waals surface area contributed by atoms with E-state index in [0.29, 0.717) is 0 Å². The lowest BCUT2D eigenvalue weighted by atomic mass is 9.99. The second-order valence-corrected chi connectivity index (χ2v) is 5.02. The Morgan fingerprint density at radius 2 is 1.69 bits per heavy atom. The lowest BCUT2D eigenvalue weighted by Gasteiger charge is -2.10. The van der Waals surface area contributed by atoms with Gasteiger partial charge in [0.05, 0.1) is 0 Å². The molecular weight excluding hydrogens is 175 g/mol. The summed E-state index contributed by atoms with van der Waals surface area (Å²) in [6, 6.07) is 6.80. The number of rotatable bonds is 2. The maximum Gasteiger partial charge on any atom is -0.0153 e. The lowest BCUT2D eigenvalue weighted by Crippen LogP contribution is -2.04. The van der Waals surface area contributed by atoms with E-state index in [-0.39, 0.29) is 0 Å². The molecule has 0 nitrogen and oxygen atoms in total. The van der Waals surface area contributed by atoms with Crippen LogP contribution in [0.2, 0.25) is 0 Å². The maximum absolute atomic E-state index is 2.90. The van der Waals surface area contributed by atoms with E-state index >= 15 is 0 Å². The normalized spacial score (nSPS) is 21.9. The Morgan fingerprint density at radius 1 is 1.00 bits per heavy atom. The number of hydrogen-bond acceptors (Lipinski definition) is 0. The predicted molar refractivity (Wildman–Crippen MR) is 59.7 cm³/mol. The van der Waals surface area contributed by atoms with Crippen LogP contribution in [0, 0.1) is 0 Å². The summed E-state index contributed by atoms with van der Waals surface area (Å²) in [6.07, 6.45) is 5.69. The Hall–Kier alpha value is -0.350. The van der Waals surface area contributed by atoms with Gasteiger partial charge in [0.1, 0.15) is 0 Å². The SMILES string of the molecule is Pc1cccc(C2CC2)c1C1CC1. The highest BCUT2D eigenvalue weighted by Crippen LogP contribution is 2.48. The van der Waals surface area contributed by atoms with E-state index < -0.39 is 0 Å². The van der Waals surface area contributed by atoms with Gasteiger partial charge in [-0.15, -0.1) is 9.24 Å². The van der Waals surface area contributed by atoms with E-state index in [4.69, 9.17) is 0 Å². The van der Waals surface area contributed by atoms with Gasteiger partial charge in [0.2, 0.25) is 0 Å². The van der Waals surface area contributed by atoms with Crippen molar-refractivity contribution in [3.63, 3.8) is 0 Å². The third-order valence-electron chi connectivity index (χ3n) is 3.18. The zero-order valence-electron chi connectivity index (χ0n) is 7.79. The second kappa shape index (κ2) is 2.82. The number of hydrogen-bond donors (Lipinski definition) is 0. The highest BCUT2D eigenvalue weighted by molar-refractivity contribution is 7.27. The van der Waals surface area contributed by atoms with Crippen molar-refractivity contribution >= 4 is 14.5 Å². The molecular formula is C12H15P. The Kier molecular flexibility index (Phi) is 1.73. The van der Waals surface area contributed by atoms with Gasteiger partial charge < -0.3 is 0 Å². The molecule has 1 aromatic rings. The Morgan fingerprint density at radius 3 is 2.31 bits per heavy atom. The van der Waals surface area contributed by atoms with Crippen LogP contribution in [0.25, 0.3) is 0 Å². The Labute approximate surface area is 81.9 Å². The average molecular weight is 190 g/mol. The quantitative estimate of drug-likeness (QED) is 0.629. The molecule has 0 aliphatic heterocycles. The fourth-order valence-corrected chi connectivity index (χ4v) is 2.71. The molecule has 2 fully saturated rings. The first-order valence-corrected chi connectivity index (χ1v) is 5.82.